The molecule has 4 nitrogen and oxygen atoms in total. The van der Waals surface area contributed by atoms with Gasteiger partial charge in [0.15, 0.2) is 0 Å². The van der Waals surface area contributed by atoms with E-state index >= 15 is 0 Å². The van der Waals surface area contributed by atoms with Crippen LogP contribution in [0, 0.1) is 11.3 Å². The minimum atomic E-state index is -0.132. The molecular formula is C17H17N3O. The van der Waals surface area contributed by atoms with Crippen molar-refractivity contribution in [1.29, 1.82) is 5.26 Å². The van der Waals surface area contributed by atoms with Gasteiger partial charge >= 0.3 is 0 Å². The Labute approximate surface area is 124 Å². The van der Waals surface area contributed by atoms with Gasteiger partial charge in [-0.1, -0.05) is 36.4 Å². The molecule has 0 aromatic heterocycles. The maximum absolute atomic E-state index is 11.9. The molecule has 2 rings (SSSR count). The molecule has 0 saturated carbocycles. The molecule has 0 aliphatic carbocycles. The SMILES string of the molecule is C[C@H](NCC(=O)Nc1cccc(C#N)c1)c1ccccc1. The van der Waals surface area contributed by atoms with E-state index in [-0.39, 0.29) is 18.5 Å². The summed E-state index contributed by atoms with van der Waals surface area (Å²) < 4.78 is 0. The van der Waals surface area contributed by atoms with Crippen LogP contribution in [0.2, 0.25) is 0 Å². The summed E-state index contributed by atoms with van der Waals surface area (Å²) in [6.07, 6.45) is 0. The molecule has 2 aromatic rings. The summed E-state index contributed by atoms with van der Waals surface area (Å²) >= 11 is 0. The number of hydrogen-bond donors (Lipinski definition) is 2. The first-order valence-electron chi connectivity index (χ1n) is 6.77. The zero-order valence-electron chi connectivity index (χ0n) is 11.8. The number of rotatable bonds is 5. The summed E-state index contributed by atoms with van der Waals surface area (Å²) in [6.45, 7) is 2.23. The number of carbonyl (C=O) groups is 1. The molecule has 0 bridgehead atoms. The van der Waals surface area contributed by atoms with Crippen LogP contribution >= 0.6 is 0 Å². The number of benzene rings is 2. The molecular weight excluding hydrogens is 262 g/mol. The van der Waals surface area contributed by atoms with Gasteiger partial charge in [0.2, 0.25) is 5.91 Å². The summed E-state index contributed by atoms with van der Waals surface area (Å²) in [5.41, 5.74) is 2.29. The highest BCUT2D eigenvalue weighted by Crippen LogP contribution is 2.11. The first kappa shape index (κ1) is 14.8. The van der Waals surface area contributed by atoms with Crippen LogP contribution in [-0.4, -0.2) is 12.5 Å². The lowest BCUT2D eigenvalue weighted by Crippen LogP contribution is -2.30. The predicted octanol–water partition coefficient (Wildman–Crippen LogP) is 2.85. The highest BCUT2D eigenvalue weighted by atomic mass is 16.1. The van der Waals surface area contributed by atoms with Crippen molar-refractivity contribution in [3.8, 4) is 6.07 Å². The van der Waals surface area contributed by atoms with Gasteiger partial charge in [-0.25, -0.2) is 0 Å². The third kappa shape index (κ3) is 4.44. The number of hydrogen-bond acceptors (Lipinski definition) is 3. The molecule has 0 heterocycles. The van der Waals surface area contributed by atoms with E-state index in [1.165, 1.54) is 0 Å². The van der Waals surface area contributed by atoms with Gasteiger partial charge in [0.05, 0.1) is 18.2 Å². The van der Waals surface area contributed by atoms with Crippen molar-refractivity contribution in [3.63, 3.8) is 0 Å². The van der Waals surface area contributed by atoms with Gasteiger partial charge in [-0.15, -0.1) is 0 Å². The van der Waals surface area contributed by atoms with E-state index < -0.39 is 0 Å². The minimum Gasteiger partial charge on any atom is -0.325 e. The van der Waals surface area contributed by atoms with Crippen LogP contribution in [-0.2, 0) is 4.79 Å². The lowest BCUT2D eigenvalue weighted by atomic mass is 10.1. The molecule has 0 fully saturated rings. The van der Waals surface area contributed by atoms with Crippen molar-refractivity contribution in [2.45, 2.75) is 13.0 Å². The van der Waals surface area contributed by atoms with E-state index in [0.717, 1.165) is 5.56 Å². The molecule has 1 amide bonds. The normalized spacial score (nSPS) is 11.4. The van der Waals surface area contributed by atoms with Crippen LogP contribution in [0.15, 0.2) is 54.6 Å². The van der Waals surface area contributed by atoms with Crippen molar-refractivity contribution in [1.82, 2.24) is 5.32 Å². The maximum atomic E-state index is 11.9. The minimum absolute atomic E-state index is 0.0994. The van der Waals surface area contributed by atoms with Gasteiger partial charge < -0.3 is 10.6 Å². The van der Waals surface area contributed by atoms with Crippen LogP contribution in [0.1, 0.15) is 24.1 Å². The second-order valence-corrected chi connectivity index (χ2v) is 4.75. The number of nitrogens with one attached hydrogen (secondary N) is 2. The Bertz CT molecular complexity index is 647. The molecule has 0 radical (unpaired) electrons. The van der Waals surface area contributed by atoms with Crippen LogP contribution in [0.5, 0.6) is 0 Å². The van der Waals surface area contributed by atoms with Crippen molar-refractivity contribution >= 4 is 11.6 Å². The monoisotopic (exact) mass is 279 g/mol. The largest absolute Gasteiger partial charge is 0.325 e. The Hall–Kier alpha value is -2.64. The summed E-state index contributed by atoms with van der Waals surface area (Å²) in [5, 5.41) is 14.8. The Morgan fingerprint density at radius 1 is 1.19 bits per heavy atom. The maximum Gasteiger partial charge on any atom is 0.238 e. The summed E-state index contributed by atoms with van der Waals surface area (Å²) in [7, 11) is 0. The molecule has 1 atom stereocenters. The number of nitrogens with zero attached hydrogens (tertiary/aromatic N) is 1. The molecule has 0 aliphatic heterocycles. The van der Waals surface area contributed by atoms with Crippen molar-refractivity contribution in [2.24, 2.45) is 0 Å². The number of nitriles is 1. The Morgan fingerprint density at radius 3 is 2.67 bits per heavy atom. The quantitative estimate of drug-likeness (QED) is 0.884. The average Bonchev–Trinajstić information content (AvgIpc) is 2.53. The van der Waals surface area contributed by atoms with Gasteiger partial charge in [0.25, 0.3) is 0 Å². The Morgan fingerprint density at radius 2 is 1.95 bits per heavy atom. The number of amides is 1. The van der Waals surface area contributed by atoms with Gasteiger partial charge in [-0.3, -0.25) is 4.79 Å². The van der Waals surface area contributed by atoms with Crippen molar-refractivity contribution < 1.29 is 4.79 Å². The second-order valence-electron chi connectivity index (χ2n) is 4.75. The average molecular weight is 279 g/mol. The van der Waals surface area contributed by atoms with Crippen LogP contribution < -0.4 is 10.6 Å². The van der Waals surface area contributed by atoms with Crippen LogP contribution in [0.4, 0.5) is 5.69 Å². The van der Waals surface area contributed by atoms with E-state index in [4.69, 9.17) is 5.26 Å². The summed E-state index contributed by atoms with van der Waals surface area (Å²) in [5.74, 6) is -0.132. The van der Waals surface area contributed by atoms with Crippen molar-refractivity contribution in [2.75, 3.05) is 11.9 Å². The standard InChI is InChI=1S/C17H17N3O/c1-13(15-7-3-2-4-8-15)19-12-17(21)20-16-9-5-6-14(10-16)11-18/h2-10,13,19H,12H2,1H3,(H,20,21)/t13-/m0/s1. The van der Waals surface area contributed by atoms with Gasteiger partial charge in [0, 0.05) is 11.7 Å². The molecule has 21 heavy (non-hydrogen) atoms. The second kappa shape index (κ2) is 7.22. The highest BCUT2D eigenvalue weighted by Gasteiger charge is 2.07. The zero-order valence-corrected chi connectivity index (χ0v) is 11.8. The molecule has 0 unspecified atom stereocenters. The lowest BCUT2D eigenvalue weighted by molar-refractivity contribution is -0.115. The fraction of sp³-hybridized carbons (Fsp3) is 0.176. The third-order valence-corrected chi connectivity index (χ3v) is 3.14. The van der Waals surface area contributed by atoms with E-state index in [2.05, 4.69) is 10.6 Å². The van der Waals surface area contributed by atoms with Gasteiger partial charge in [0.1, 0.15) is 0 Å². The first-order chi connectivity index (χ1) is 10.2. The molecule has 106 valence electrons. The molecule has 0 saturated heterocycles. The first-order valence-corrected chi connectivity index (χ1v) is 6.77. The molecule has 2 aromatic carbocycles. The zero-order chi connectivity index (χ0) is 15.1. The van der Waals surface area contributed by atoms with E-state index in [1.807, 2.05) is 43.3 Å². The Kier molecular flexibility index (Phi) is 5.08. The molecule has 0 spiro atoms. The third-order valence-electron chi connectivity index (χ3n) is 3.14. The molecule has 0 aliphatic rings. The van der Waals surface area contributed by atoms with E-state index in [1.54, 1.807) is 24.3 Å². The lowest BCUT2D eigenvalue weighted by Gasteiger charge is -2.14. The number of anilines is 1. The van der Waals surface area contributed by atoms with Gasteiger partial charge in [-0.2, -0.15) is 5.26 Å². The van der Waals surface area contributed by atoms with Crippen LogP contribution in [0.3, 0.4) is 0 Å². The fourth-order valence-corrected chi connectivity index (χ4v) is 1.98. The van der Waals surface area contributed by atoms with Crippen LogP contribution in [0.25, 0.3) is 0 Å². The number of carbonyl (C=O) groups excluding carboxylic acids is 1. The highest BCUT2D eigenvalue weighted by molar-refractivity contribution is 5.92. The smallest absolute Gasteiger partial charge is 0.238 e. The summed E-state index contributed by atoms with van der Waals surface area (Å²) in [4.78, 5) is 11.9. The fourth-order valence-electron chi connectivity index (χ4n) is 1.98. The Balaban J connectivity index is 1.86. The summed E-state index contributed by atoms with van der Waals surface area (Å²) in [6, 6.07) is 19.0. The predicted molar refractivity (Wildman–Crippen MR) is 82.6 cm³/mol. The van der Waals surface area contributed by atoms with Crippen molar-refractivity contribution in [3.05, 3.63) is 65.7 Å². The topological polar surface area (TPSA) is 64.9 Å². The van der Waals surface area contributed by atoms with E-state index in [9.17, 15) is 4.79 Å². The molecule has 2 N–H and O–H groups in total. The van der Waals surface area contributed by atoms with Gasteiger partial charge in [-0.05, 0) is 30.7 Å². The van der Waals surface area contributed by atoms with E-state index in [0.29, 0.717) is 11.3 Å². The molecule has 4 heteroatoms.